The van der Waals surface area contributed by atoms with Crippen LogP contribution in [0.4, 0.5) is 0 Å². The number of pyridine rings is 1. The standard InChI is InChI=1S/C18H18N2O2S/c1-20(16(12-22-2)15-5-3-4-9-19-15)18(21)14-6-7-17-13(11-14)8-10-23-17/h3-11,16H,12H2,1-2H3/t16-/m0/s1. The highest BCUT2D eigenvalue weighted by Gasteiger charge is 2.23. The molecule has 2 heterocycles. The minimum atomic E-state index is -0.216. The number of aromatic nitrogens is 1. The molecule has 0 saturated heterocycles. The summed E-state index contributed by atoms with van der Waals surface area (Å²) in [4.78, 5) is 18.9. The van der Waals surface area contributed by atoms with Gasteiger partial charge in [-0.1, -0.05) is 6.07 Å². The molecule has 23 heavy (non-hydrogen) atoms. The molecule has 0 aliphatic carbocycles. The Hall–Kier alpha value is -2.24. The largest absolute Gasteiger partial charge is 0.382 e. The molecule has 2 aromatic heterocycles. The fourth-order valence-corrected chi connectivity index (χ4v) is 3.34. The third-order valence-electron chi connectivity index (χ3n) is 3.84. The number of thiophene rings is 1. The van der Waals surface area contributed by atoms with Crippen molar-refractivity contribution >= 4 is 27.3 Å². The van der Waals surface area contributed by atoms with Crippen molar-refractivity contribution in [3.63, 3.8) is 0 Å². The fourth-order valence-electron chi connectivity index (χ4n) is 2.57. The Labute approximate surface area is 139 Å². The summed E-state index contributed by atoms with van der Waals surface area (Å²) in [6, 6.07) is 13.3. The number of ether oxygens (including phenoxy) is 1. The van der Waals surface area contributed by atoms with Gasteiger partial charge < -0.3 is 9.64 Å². The van der Waals surface area contributed by atoms with E-state index in [0.29, 0.717) is 12.2 Å². The van der Waals surface area contributed by atoms with Crippen molar-refractivity contribution in [1.29, 1.82) is 0 Å². The summed E-state index contributed by atoms with van der Waals surface area (Å²) in [6.45, 7) is 0.403. The molecule has 0 bridgehead atoms. The number of methoxy groups -OCH3 is 1. The first-order valence-electron chi connectivity index (χ1n) is 7.35. The van der Waals surface area contributed by atoms with E-state index in [1.54, 1.807) is 36.6 Å². The molecule has 0 radical (unpaired) electrons. The van der Waals surface area contributed by atoms with Crippen LogP contribution < -0.4 is 0 Å². The molecule has 1 atom stereocenters. The first kappa shape index (κ1) is 15.6. The Balaban J connectivity index is 1.89. The molecule has 5 heteroatoms. The van der Waals surface area contributed by atoms with Crippen LogP contribution in [0.3, 0.4) is 0 Å². The molecule has 0 spiro atoms. The number of amides is 1. The second-order valence-electron chi connectivity index (χ2n) is 5.32. The maximum absolute atomic E-state index is 12.8. The van der Waals surface area contributed by atoms with Crippen LogP contribution in [0.1, 0.15) is 22.1 Å². The zero-order chi connectivity index (χ0) is 16.2. The lowest BCUT2D eigenvalue weighted by atomic mass is 10.1. The fraction of sp³-hybridized carbons (Fsp3) is 0.222. The number of fused-ring (bicyclic) bond motifs is 1. The van der Waals surface area contributed by atoms with Crippen molar-refractivity contribution in [1.82, 2.24) is 9.88 Å². The number of carbonyl (C=O) groups excluding carboxylic acids is 1. The molecule has 0 saturated carbocycles. The van der Waals surface area contributed by atoms with Crippen molar-refractivity contribution in [3.05, 3.63) is 65.3 Å². The summed E-state index contributed by atoms with van der Waals surface area (Å²) in [5, 5.41) is 3.12. The van der Waals surface area contributed by atoms with E-state index in [-0.39, 0.29) is 11.9 Å². The van der Waals surface area contributed by atoms with Gasteiger partial charge in [-0.25, -0.2) is 0 Å². The SMILES string of the molecule is COC[C@@H](c1ccccn1)N(C)C(=O)c1ccc2sccc2c1. The Morgan fingerprint density at radius 1 is 1.30 bits per heavy atom. The van der Waals surface area contributed by atoms with Gasteiger partial charge in [-0.05, 0) is 47.2 Å². The highest BCUT2D eigenvalue weighted by Crippen LogP contribution is 2.24. The van der Waals surface area contributed by atoms with Gasteiger partial charge >= 0.3 is 0 Å². The molecule has 0 N–H and O–H groups in total. The number of hydrogen-bond donors (Lipinski definition) is 0. The van der Waals surface area contributed by atoms with Gasteiger partial charge in [0.2, 0.25) is 0 Å². The highest BCUT2D eigenvalue weighted by atomic mass is 32.1. The lowest BCUT2D eigenvalue weighted by Gasteiger charge is -2.27. The number of carbonyl (C=O) groups is 1. The van der Waals surface area contributed by atoms with E-state index in [1.165, 1.54) is 4.70 Å². The lowest BCUT2D eigenvalue weighted by molar-refractivity contribution is 0.0595. The second-order valence-corrected chi connectivity index (χ2v) is 6.26. The van der Waals surface area contributed by atoms with Gasteiger partial charge in [-0.3, -0.25) is 9.78 Å². The molecular weight excluding hydrogens is 308 g/mol. The Bertz CT molecular complexity index is 801. The van der Waals surface area contributed by atoms with Gasteiger partial charge in [0.25, 0.3) is 5.91 Å². The Morgan fingerprint density at radius 2 is 2.17 bits per heavy atom. The Morgan fingerprint density at radius 3 is 2.91 bits per heavy atom. The van der Waals surface area contributed by atoms with Gasteiger partial charge in [-0.15, -0.1) is 11.3 Å². The normalized spacial score (nSPS) is 12.3. The molecule has 0 fully saturated rings. The van der Waals surface area contributed by atoms with E-state index in [4.69, 9.17) is 4.74 Å². The third kappa shape index (κ3) is 3.25. The van der Waals surface area contributed by atoms with Gasteiger partial charge in [0, 0.05) is 30.6 Å². The monoisotopic (exact) mass is 326 g/mol. The predicted molar refractivity (Wildman–Crippen MR) is 92.8 cm³/mol. The predicted octanol–water partition coefficient (Wildman–Crippen LogP) is 3.76. The summed E-state index contributed by atoms with van der Waals surface area (Å²) >= 11 is 1.67. The summed E-state index contributed by atoms with van der Waals surface area (Å²) in [5.74, 6) is -0.0363. The van der Waals surface area contributed by atoms with E-state index in [0.717, 1.165) is 11.1 Å². The number of rotatable bonds is 5. The molecule has 4 nitrogen and oxygen atoms in total. The smallest absolute Gasteiger partial charge is 0.254 e. The highest BCUT2D eigenvalue weighted by molar-refractivity contribution is 7.17. The van der Waals surface area contributed by atoms with Gasteiger partial charge in [0.05, 0.1) is 18.3 Å². The quantitative estimate of drug-likeness (QED) is 0.717. The zero-order valence-corrected chi connectivity index (χ0v) is 13.9. The molecule has 3 aromatic rings. The second kappa shape index (κ2) is 6.89. The number of hydrogen-bond acceptors (Lipinski definition) is 4. The number of nitrogens with zero attached hydrogens (tertiary/aromatic N) is 2. The van der Waals surface area contributed by atoms with Crippen LogP contribution >= 0.6 is 11.3 Å². The van der Waals surface area contributed by atoms with E-state index in [1.807, 2.05) is 47.8 Å². The van der Waals surface area contributed by atoms with Crippen LogP contribution in [-0.2, 0) is 4.74 Å². The summed E-state index contributed by atoms with van der Waals surface area (Å²) in [6.07, 6.45) is 1.73. The van der Waals surface area contributed by atoms with Gasteiger partial charge in [0.15, 0.2) is 0 Å². The van der Waals surface area contributed by atoms with Crippen molar-refractivity contribution in [2.24, 2.45) is 0 Å². The molecule has 0 aliphatic heterocycles. The summed E-state index contributed by atoms with van der Waals surface area (Å²) in [5.41, 5.74) is 1.50. The van der Waals surface area contributed by atoms with E-state index in [9.17, 15) is 4.79 Å². The molecule has 1 amide bonds. The molecule has 1 aromatic carbocycles. The van der Waals surface area contributed by atoms with Crippen LogP contribution in [-0.4, -0.2) is 36.6 Å². The van der Waals surface area contributed by atoms with Crippen LogP contribution in [0.5, 0.6) is 0 Å². The van der Waals surface area contributed by atoms with Crippen LogP contribution in [0.15, 0.2) is 54.0 Å². The Kier molecular flexibility index (Phi) is 4.69. The van der Waals surface area contributed by atoms with Crippen LogP contribution in [0.25, 0.3) is 10.1 Å². The van der Waals surface area contributed by atoms with Crippen molar-refractivity contribution in [2.45, 2.75) is 6.04 Å². The first-order valence-corrected chi connectivity index (χ1v) is 8.23. The summed E-state index contributed by atoms with van der Waals surface area (Å²) < 4.78 is 6.47. The van der Waals surface area contributed by atoms with E-state index in [2.05, 4.69) is 4.98 Å². The third-order valence-corrected chi connectivity index (χ3v) is 4.74. The van der Waals surface area contributed by atoms with E-state index >= 15 is 0 Å². The minimum Gasteiger partial charge on any atom is -0.382 e. The molecular formula is C18H18N2O2S. The number of benzene rings is 1. The molecule has 0 unspecified atom stereocenters. The van der Waals surface area contributed by atoms with Crippen molar-refractivity contribution in [2.75, 3.05) is 20.8 Å². The molecule has 3 rings (SSSR count). The maximum Gasteiger partial charge on any atom is 0.254 e. The maximum atomic E-state index is 12.8. The minimum absolute atomic E-state index is 0.0363. The number of likely N-dealkylation sites (N-methyl/N-ethyl adjacent to an activating group) is 1. The van der Waals surface area contributed by atoms with Crippen LogP contribution in [0, 0.1) is 0 Å². The average molecular weight is 326 g/mol. The summed E-state index contributed by atoms with van der Waals surface area (Å²) in [7, 11) is 3.42. The average Bonchev–Trinajstić information content (AvgIpc) is 3.07. The van der Waals surface area contributed by atoms with Gasteiger partial charge in [-0.2, -0.15) is 0 Å². The molecule has 118 valence electrons. The zero-order valence-electron chi connectivity index (χ0n) is 13.1. The first-order chi connectivity index (χ1) is 11.2. The lowest BCUT2D eigenvalue weighted by Crippen LogP contribution is -2.34. The topological polar surface area (TPSA) is 42.4 Å². The van der Waals surface area contributed by atoms with Gasteiger partial charge in [0.1, 0.15) is 0 Å². The molecule has 0 aliphatic rings. The van der Waals surface area contributed by atoms with Crippen molar-refractivity contribution in [3.8, 4) is 0 Å². The van der Waals surface area contributed by atoms with Crippen LogP contribution in [0.2, 0.25) is 0 Å². The van der Waals surface area contributed by atoms with Crippen molar-refractivity contribution < 1.29 is 9.53 Å². The van der Waals surface area contributed by atoms with E-state index < -0.39 is 0 Å².